The van der Waals surface area contributed by atoms with E-state index in [0.717, 1.165) is 23.8 Å². The van der Waals surface area contributed by atoms with Gasteiger partial charge in [0.15, 0.2) is 0 Å². The van der Waals surface area contributed by atoms with Crippen LogP contribution in [0.4, 0.5) is 17.1 Å². The molecule has 15 nitrogen and oxygen atoms in total. The molecule has 0 saturated carbocycles. The minimum Gasteiger partial charge on any atom is -0.398 e. The molecule has 240 valence electrons. The van der Waals surface area contributed by atoms with E-state index in [4.69, 9.17) is 5.73 Å². The van der Waals surface area contributed by atoms with Crippen LogP contribution < -0.4 is 15.8 Å². The lowest BCUT2D eigenvalue weighted by Gasteiger charge is -2.17. The summed E-state index contributed by atoms with van der Waals surface area (Å²) in [6.45, 7) is 5.04. The van der Waals surface area contributed by atoms with Gasteiger partial charge in [0.1, 0.15) is 9.79 Å². The summed E-state index contributed by atoms with van der Waals surface area (Å²) in [6, 6.07) is 8.94. The standard InChI is InChI=1S/C26H25N3O12S4/c1-13-4-5-16(10-22(13)28-26(30)18-12-20(27)15(3)8-14(18)2)42(31,32)29-21-6-7-23(44(36,37)38)19-9-17(43(33,34)35)11-24(25(19)21)45(39,40)41/h4-12,29H,27H2,1-3H3,(H,28,30)(H,33,34,35)(H,36,37,38)(H,39,40,41). The average molecular weight is 700 g/mol. The lowest BCUT2D eigenvalue weighted by atomic mass is 10.0. The van der Waals surface area contributed by atoms with E-state index in [1.54, 1.807) is 26.8 Å². The molecule has 0 heterocycles. The third-order valence-corrected chi connectivity index (χ3v) is 10.7. The first-order valence-electron chi connectivity index (χ1n) is 12.4. The minimum atomic E-state index is -5.42. The van der Waals surface area contributed by atoms with Crippen molar-refractivity contribution in [3.05, 3.63) is 76.9 Å². The van der Waals surface area contributed by atoms with Gasteiger partial charge < -0.3 is 11.1 Å². The van der Waals surface area contributed by atoms with Crippen LogP contribution >= 0.6 is 0 Å². The molecule has 0 unspecified atom stereocenters. The van der Waals surface area contributed by atoms with E-state index in [9.17, 15) is 52.1 Å². The highest BCUT2D eigenvalue weighted by molar-refractivity contribution is 7.92. The molecule has 0 bridgehead atoms. The molecule has 45 heavy (non-hydrogen) atoms. The van der Waals surface area contributed by atoms with Crippen LogP contribution in [-0.4, -0.2) is 53.2 Å². The number of hydrogen-bond acceptors (Lipinski definition) is 10. The molecular weight excluding hydrogens is 675 g/mol. The Bertz CT molecular complexity index is 2370. The van der Waals surface area contributed by atoms with E-state index in [-0.39, 0.29) is 17.3 Å². The number of fused-ring (bicyclic) bond motifs is 1. The first kappa shape index (κ1) is 33.8. The lowest BCUT2D eigenvalue weighted by molar-refractivity contribution is 0.102. The highest BCUT2D eigenvalue weighted by Crippen LogP contribution is 2.38. The molecular formula is C26H25N3O12S4. The average Bonchev–Trinajstić information content (AvgIpc) is 2.89. The fraction of sp³-hybridized carbons (Fsp3) is 0.115. The van der Waals surface area contributed by atoms with Crippen molar-refractivity contribution in [1.82, 2.24) is 0 Å². The quantitative estimate of drug-likeness (QED) is 0.114. The van der Waals surface area contributed by atoms with Crippen molar-refractivity contribution >= 4 is 74.1 Å². The Morgan fingerprint density at radius 1 is 0.644 bits per heavy atom. The Labute approximate surface area is 258 Å². The number of amides is 1. The summed E-state index contributed by atoms with van der Waals surface area (Å²) < 4.78 is 130. The predicted octanol–water partition coefficient (Wildman–Crippen LogP) is 3.14. The molecule has 0 radical (unpaired) electrons. The molecule has 7 N–H and O–H groups in total. The molecule has 4 aromatic rings. The molecule has 4 rings (SSSR count). The van der Waals surface area contributed by atoms with Gasteiger partial charge in [-0.1, -0.05) is 12.1 Å². The topological polar surface area (TPSA) is 264 Å². The highest BCUT2D eigenvalue weighted by atomic mass is 32.2. The van der Waals surface area contributed by atoms with Crippen LogP contribution in [0.15, 0.2) is 74.2 Å². The zero-order valence-corrected chi connectivity index (χ0v) is 26.7. The monoisotopic (exact) mass is 699 g/mol. The zero-order valence-electron chi connectivity index (χ0n) is 23.4. The fourth-order valence-electron chi connectivity index (χ4n) is 4.47. The van der Waals surface area contributed by atoms with Gasteiger partial charge in [-0.2, -0.15) is 25.3 Å². The summed E-state index contributed by atoms with van der Waals surface area (Å²) in [7, 11) is -20.5. The van der Waals surface area contributed by atoms with Crippen LogP contribution in [0.2, 0.25) is 0 Å². The maximum Gasteiger partial charge on any atom is 0.295 e. The molecule has 1 amide bonds. The summed E-state index contributed by atoms with van der Waals surface area (Å²) in [5.41, 5.74) is 7.75. The summed E-state index contributed by atoms with van der Waals surface area (Å²) in [6.07, 6.45) is 0. The van der Waals surface area contributed by atoms with Crippen molar-refractivity contribution in [2.45, 2.75) is 40.4 Å². The largest absolute Gasteiger partial charge is 0.398 e. The van der Waals surface area contributed by atoms with Gasteiger partial charge in [0.25, 0.3) is 46.3 Å². The number of sulfonamides is 1. The van der Waals surface area contributed by atoms with Gasteiger partial charge in [0.05, 0.1) is 15.5 Å². The van der Waals surface area contributed by atoms with Crippen LogP contribution in [0.25, 0.3) is 10.8 Å². The Morgan fingerprint density at radius 3 is 1.84 bits per heavy atom. The van der Waals surface area contributed by atoms with E-state index >= 15 is 0 Å². The van der Waals surface area contributed by atoms with E-state index in [2.05, 4.69) is 10.0 Å². The van der Waals surface area contributed by atoms with Gasteiger partial charge in [0.2, 0.25) is 0 Å². The van der Waals surface area contributed by atoms with Crippen molar-refractivity contribution in [2.24, 2.45) is 0 Å². The molecule has 0 saturated heterocycles. The zero-order chi connectivity index (χ0) is 33.9. The molecule has 0 aromatic heterocycles. The number of hydrogen-bond donors (Lipinski definition) is 6. The van der Waals surface area contributed by atoms with Gasteiger partial charge in [-0.15, -0.1) is 0 Å². The maximum absolute atomic E-state index is 13.5. The number of nitrogens with one attached hydrogen (secondary N) is 2. The van der Waals surface area contributed by atoms with E-state index in [1.165, 1.54) is 12.1 Å². The number of anilines is 3. The number of aryl methyl sites for hydroxylation is 3. The van der Waals surface area contributed by atoms with E-state index < -0.39 is 82.3 Å². The number of nitrogens with two attached hydrogens (primary N) is 1. The van der Waals surface area contributed by atoms with Crippen molar-refractivity contribution in [3.8, 4) is 0 Å². The first-order chi connectivity index (χ1) is 20.5. The Kier molecular flexibility index (Phi) is 8.52. The first-order valence-corrected chi connectivity index (χ1v) is 18.2. The van der Waals surface area contributed by atoms with Gasteiger partial charge in [0, 0.05) is 27.7 Å². The summed E-state index contributed by atoms with van der Waals surface area (Å²) >= 11 is 0. The molecule has 0 aliphatic rings. The van der Waals surface area contributed by atoms with Gasteiger partial charge >= 0.3 is 0 Å². The van der Waals surface area contributed by atoms with E-state index in [0.29, 0.717) is 28.9 Å². The normalized spacial score (nSPS) is 12.7. The maximum atomic E-state index is 13.5. The SMILES string of the molecule is Cc1cc(C)c(C(=O)Nc2cc(S(=O)(=O)Nc3ccc(S(=O)(=O)O)c4cc(S(=O)(=O)O)cc(S(=O)(=O)O)c34)ccc2C)cc1N. The number of nitrogen functional groups attached to an aromatic ring is 1. The third-order valence-electron chi connectivity index (χ3n) is 6.74. The van der Waals surface area contributed by atoms with Crippen LogP contribution in [-0.2, 0) is 40.4 Å². The second-order valence-corrected chi connectivity index (χ2v) is 15.8. The molecule has 19 heteroatoms. The van der Waals surface area contributed by atoms with Gasteiger partial charge in [-0.25, -0.2) is 8.42 Å². The third kappa shape index (κ3) is 6.93. The summed E-state index contributed by atoms with van der Waals surface area (Å²) in [5.74, 6) is -0.593. The Balaban J connectivity index is 1.87. The highest BCUT2D eigenvalue weighted by Gasteiger charge is 2.28. The fourth-order valence-corrected chi connectivity index (χ4v) is 7.61. The predicted molar refractivity (Wildman–Crippen MR) is 164 cm³/mol. The molecule has 0 atom stereocenters. The molecule has 0 aliphatic carbocycles. The van der Waals surface area contributed by atoms with Crippen molar-refractivity contribution in [3.63, 3.8) is 0 Å². The second kappa shape index (κ2) is 11.4. The number of rotatable bonds is 8. The van der Waals surface area contributed by atoms with Crippen LogP contribution in [0, 0.1) is 20.8 Å². The number of carbonyl (C=O) groups is 1. The van der Waals surface area contributed by atoms with Crippen LogP contribution in [0.1, 0.15) is 27.0 Å². The number of carbonyl (C=O) groups excluding carboxylic acids is 1. The Morgan fingerprint density at radius 2 is 1.27 bits per heavy atom. The minimum absolute atomic E-state index is 0.0735. The summed E-state index contributed by atoms with van der Waals surface area (Å²) in [4.78, 5) is 9.03. The molecule has 0 fully saturated rings. The molecule has 4 aromatic carbocycles. The van der Waals surface area contributed by atoms with Crippen molar-refractivity contribution < 1.29 is 52.1 Å². The lowest BCUT2D eigenvalue weighted by Crippen LogP contribution is -2.17. The van der Waals surface area contributed by atoms with Crippen LogP contribution in [0.3, 0.4) is 0 Å². The van der Waals surface area contributed by atoms with Crippen molar-refractivity contribution in [1.29, 1.82) is 0 Å². The smallest absolute Gasteiger partial charge is 0.295 e. The Hall–Kier alpha value is -4.11. The molecule has 0 aliphatic heterocycles. The van der Waals surface area contributed by atoms with Crippen LogP contribution in [0.5, 0.6) is 0 Å². The van der Waals surface area contributed by atoms with Crippen molar-refractivity contribution in [2.75, 3.05) is 15.8 Å². The second-order valence-electron chi connectivity index (χ2n) is 9.94. The van der Waals surface area contributed by atoms with Gasteiger partial charge in [-0.05, 0) is 79.9 Å². The number of benzene rings is 4. The molecule has 0 spiro atoms. The van der Waals surface area contributed by atoms with Gasteiger partial charge in [-0.3, -0.25) is 23.2 Å². The summed E-state index contributed by atoms with van der Waals surface area (Å²) in [5, 5.41) is 0.899. The van der Waals surface area contributed by atoms with E-state index in [1.807, 2.05) is 0 Å².